The Morgan fingerprint density at radius 3 is 2.38 bits per heavy atom. The fraction of sp³-hybridized carbons (Fsp3) is 0.111. The first-order valence-electron chi connectivity index (χ1n) is 4.10. The van der Waals surface area contributed by atoms with E-state index in [1.54, 1.807) is 6.07 Å². The fourth-order valence-electron chi connectivity index (χ4n) is 0.883. The molecule has 16 heavy (non-hydrogen) atoms. The zero-order valence-corrected chi connectivity index (χ0v) is 9.38. The monoisotopic (exact) mass is 263 g/mol. The van der Waals surface area contributed by atoms with E-state index in [4.69, 9.17) is 28.3 Å². The summed E-state index contributed by atoms with van der Waals surface area (Å²) in [6, 6.07) is 4.67. The highest BCUT2D eigenvalue weighted by molar-refractivity contribution is 6.39. The molecule has 0 fully saturated rings. The molecule has 1 amide bonds. The molecule has 0 saturated heterocycles. The Morgan fingerprint density at radius 2 is 1.88 bits per heavy atom. The summed E-state index contributed by atoms with van der Waals surface area (Å²) in [7, 11) is 0. The summed E-state index contributed by atoms with van der Waals surface area (Å²) in [6.07, 6.45) is -0.933. The van der Waals surface area contributed by atoms with Crippen LogP contribution in [-0.2, 0) is 9.53 Å². The van der Waals surface area contributed by atoms with E-state index in [2.05, 4.69) is 10.1 Å². The minimum Gasteiger partial charge on any atom is -0.479 e. The molecule has 1 aromatic rings. The molecule has 1 aromatic carbocycles. The second-order valence-electron chi connectivity index (χ2n) is 2.69. The first kappa shape index (κ1) is 12.6. The van der Waals surface area contributed by atoms with Crippen molar-refractivity contribution in [3.63, 3.8) is 0 Å². The van der Waals surface area contributed by atoms with Crippen LogP contribution in [-0.4, -0.2) is 23.8 Å². The number of ether oxygens (including phenoxy) is 1. The van der Waals surface area contributed by atoms with E-state index >= 15 is 0 Å². The standard InChI is InChI=1S/C9H7Cl2NO4/c10-5-2-1-3-6(11)8(5)12-9(15)16-4-7(13)14/h1-3H,4H2,(H,12,15)(H,13,14). The maximum absolute atomic E-state index is 11.1. The van der Waals surface area contributed by atoms with Gasteiger partial charge in [0.25, 0.3) is 0 Å². The lowest BCUT2D eigenvalue weighted by atomic mass is 10.3. The van der Waals surface area contributed by atoms with E-state index in [-0.39, 0.29) is 15.7 Å². The van der Waals surface area contributed by atoms with Gasteiger partial charge in [-0.3, -0.25) is 5.32 Å². The molecule has 7 heteroatoms. The Bertz CT molecular complexity index is 402. The summed E-state index contributed by atoms with van der Waals surface area (Å²) >= 11 is 11.5. The van der Waals surface area contributed by atoms with Crippen LogP contribution in [0.15, 0.2) is 18.2 Å². The average Bonchev–Trinajstić information content (AvgIpc) is 2.21. The van der Waals surface area contributed by atoms with Crippen LogP contribution in [0.4, 0.5) is 10.5 Å². The van der Waals surface area contributed by atoms with Gasteiger partial charge in [0.15, 0.2) is 6.61 Å². The van der Waals surface area contributed by atoms with Crippen molar-refractivity contribution in [3.8, 4) is 0 Å². The Hall–Kier alpha value is -1.46. The fourth-order valence-corrected chi connectivity index (χ4v) is 1.37. The van der Waals surface area contributed by atoms with Crippen molar-refractivity contribution in [2.24, 2.45) is 0 Å². The molecule has 1 rings (SSSR count). The van der Waals surface area contributed by atoms with Crippen molar-refractivity contribution in [2.45, 2.75) is 0 Å². The Morgan fingerprint density at radius 1 is 1.31 bits per heavy atom. The van der Waals surface area contributed by atoms with Gasteiger partial charge in [-0.15, -0.1) is 0 Å². The molecule has 0 spiro atoms. The summed E-state index contributed by atoms with van der Waals surface area (Å²) in [5.74, 6) is -1.25. The molecule has 0 radical (unpaired) electrons. The van der Waals surface area contributed by atoms with Gasteiger partial charge in [-0.25, -0.2) is 9.59 Å². The largest absolute Gasteiger partial charge is 0.479 e. The number of rotatable bonds is 3. The summed E-state index contributed by atoms with van der Waals surface area (Å²) in [5.41, 5.74) is 0.182. The number of amides is 1. The van der Waals surface area contributed by atoms with Gasteiger partial charge in [-0.05, 0) is 12.1 Å². The molecule has 0 atom stereocenters. The quantitative estimate of drug-likeness (QED) is 0.879. The lowest BCUT2D eigenvalue weighted by Crippen LogP contribution is -2.18. The van der Waals surface area contributed by atoms with E-state index < -0.39 is 18.7 Å². The van der Waals surface area contributed by atoms with Crippen molar-refractivity contribution < 1.29 is 19.4 Å². The van der Waals surface area contributed by atoms with Crippen molar-refractivity contribution in [3.05, 3.63) is 28.2 Å². The van der Waals surface area contributed by atoms with E-state index in [0.717, 1.165) is 0 Å². The predicted octanol–water partition coefficient (Wildman–Crippen LogP) is 2.63. The Kier molecular flexibility index (Phi) is 4.39. The number of aliphatic carboxylic acids is 1. The van der Waals surface area contributed by atoms with Crippen molar-refractivity contribution in [2.75, 3.05) is 11.9 Å². The van der Waals surface area contributed by atoms with Crippen molar-refractivity contribution >= 4 is 41.0 Å². The number of anilines is 1. The molecule has 0 aliphatic rings. The lowest BCUT2D eigenvalue weighted by molar-refractivity contribution is -0.140. The van der Waals surface area contributed by atoms with Gasteiger partial charge < -0.3 is 9.84 Å². The number of hydrogen-bond donors (Lipinski definition) is 2. The minimum atomic E-state index is -1.25. The number of nitrogens with one attached hydrogen (secondary N) is 1. The molecule has 0 unspecified atom stereocenters. The van der Waals surface area contributed by atoms with Gasteiger partial charge in [0.2, 0.25) is 0 Å². The number of carboxylic acids is 1. The Labute approximate surface area is 101 Å². The topological polar surface area (TPSA) is 75.6 Å². The summed E-state index contributed by atoms with van der Waals surface area (Å²) in [4.78, 5) is 21.2. The van der Waals surface area contributed by atoms with Crippen LogP contribution in [0.5, 0.6) is 0 Å². The van der Waals surface area contributed by atoms with Gasteiger partial charge in [-0.2, -0.15) is 0 Å². The van der Waals surface area contributed by atoms with Crippen LogP contribution in [0.25, 0.3) is 0 Å². The molecule has 2 N–H and O–H groups in total. The molecule has 0 aromatic heterocycles. The first-order valence-corrected chi connectivity index (χ1v) is 4.86. The third-order valence-corrected chi connectivity index (χ3v) is 2.15. The molecular weight excluding hydrogens is 257 g/mol. The molecule has 0 heterocycles. The van der Waals surface area contributed by atoms with Gasteiger partial charge in [0.1, 0.15) is 0 Å². The second kappa shape index (κ2) is 5.58. The van der Waals surface area contributed by atoms with Crippen LogP contribution in [0.1, 0.15) is 0 Å². The molecule has 86 valence electrons. The molecule has 0 aliphatic carbocycles. The highest BCUT2D eigenvalue weighted by Crippen LogP contribution is 2.29. The number of benzene rings is 1. The van der Waals surface area contributed by atoms with Gasteiger partial charge in [0, 0.05) is 0 Å². The molecule has 5 nitrogen and oxygen atoms in total. The number of hydrogen-bond acceptors (Lipinski definition) is 3. The SMILES string of the molecule is O=C(O)COC(=O)Nc1c(Cl)cccc1Cl. The van der Waals surface area contributed by atoms with Crippen LogP contribution in [0.3, 0.4) is 0 Å². The highest BCUT2D eigenvalue weighted by atomic mass is 35.5. The molecular formula is C9H7Cl2NO4. The number of carbonyl (C=O) groups is 2. The first-order chi connectivity index (χ1) is 7.50. The maximum Gasteiger partial charge on any atom is 0.412 e. The zero-order valence-electron chi connectivity index (χ0n) is 7.87. The van der Waals surface area contributed by atoms with Crippen LogP contribution >= 0.6 is 23.2 Å². The summed E-state index contributed by atoms with van der Waals surface area (Å²) in [6.45, 7) is -0.728. The van der Waals surface area contributed by atoms with Crippen LogP contribution < -0.4 is 5.32 Å². The lowest BCUT2D eigenvalue weighted by Gasteiger charge is -2.08. The summed E-state index contributed by atoms with van der Waals surface area (Å²) < 4.78 is 4.35. The number of halogens is 2. The van der Waals surface area contributed by atoms with Crippen LogP contribution in [0.2, 0.25) is 10.0 Å². The van der Waals surface area contributed by atoms with E-state index in [1.165, 1.54) is 12.1 Å². The third kappa shape index (κ3) is 3.60. The van der Waals surface area contributed by atoms with Gasteiger partial charge in [-0.1, -0.05) is 29.3 Å². The van der Waals surface area contributed by atoms with E-state index in [0.29, 0.717) is 0 Å². The summed E-state index contributed by atoms with van der Waals surface area (Å²) in [5, 5.41) is 11.0. The second-order valence-corrected chi connectivity index (χ2v) is 3.51. The van der Waals surface area contributed by atoms with E-state index in [9.17, 15) is 9.59 Å². The molecule has 0 aliphatic heterocycles. The smallest absolute Gasteiger partial charge is 0.412 e. The highest BCUT2D eigenvalue weighted by Gasteiger charge is 2.11. The van der Waals surface area contributed by atoms with Gasteiger partial charge >= 0.3 is 12.1 Å². The van der Waals surface area contributed by atoms with Crippen molar-refractivity contribution in [1.29, 1.82) is 0 Å². The predicted molar refractivity (Wildman–Crippen MR) is 59.1 cm³/mol. The number of carboxylic acid groups (broad SMARTS) is 1. The molecule has 0 bridgehead atoms. The van der Waals surface area contributed by atoms with Gasteiger partial charge in [0.05, 0.1) is 15.7 Å². The number of para-hydroxylation sites is 1. The number of carbonyl (C=O) groups excluding carboxylic acids is 1. The minimum absolute atomic E-state index is 0.182. The maximum atomic E-state index is 11.1. The Balaban J connectivity index is 2.66. The van der Waals surface area contributed by atoms with Crippen LogP contribution in [0, 0.1) is 0 Å². The zero-order chi connectivity index (χ0) is 12.1. The molecule has 0 saturated carbocycles. The normalized spacial score (nSPS) is 9.62. The van der Waals surface area contributed by atoms with Crippen molar-refractivity contribution in [1.82, 2.24) is 0 Å². The van der Waals surface area contributed by atoms with E-state index in [1.807, 2.05) is 0 Å². The third-order valence-electron chi connectivity index (χ3n) is 1.52. The average molecular weight is 264 g/mol.